The van der Waals surface area contributed by atoms with E-state index in [2.05, 4.69) is 5.10 Å². The predicted octanol–water partition coefficient (Wildman–Crippen LogP) is 2.73. The minimum Gasteiger partial charge on any atom is -0.378 e. The van der Waals surface area contributed by atoms with Gasteiger partial charge in [0.2, 0.25) is 5.91 Å². The first kappa shape index (κ1) is 20.7. The summed E-state index contributed by atoms with van der Waals surface area (Å²) in [5.41, 5.74) is 8.15. The van der Waals surface area contributed by atoms with Crippen LogP contribution >= 0.6 is 10.6 Å². The normalized spacial score (nSPS) is 17.9. The molecular weight excluding hydrogens is 432 g/mol. The molecule has 0 spiro atoms. The van der Waals surface area contributed by atoms with Crippen LogP contribution in [0.15, 0.2) is 53.4 Å². The van der Waals surface area contributed by atoms with Crippen LogP contribution < -0.4 is 5.73 Å². The highest BCUT2D eigenvalue weighted by Crippen LogP contribution is 2.59. The van der Waals surface area contributed by atoms with Crippen molar-refractivity contribution >= 4 is 22.4 Å². The van der Waals surface area contributed by atoms with E-state index < -0.39 is 16.5 Å². The van der Waals surface area contributed by atoms with Crippen molar-refractivity contribution < 1.29 is 23.4 Å². The predicted molar refractivity (Wildman–Crippen MR) is 119 cm³/mol. The molecule has 0 bridgehead atoms. The van der Waals surface area contributed by atoms with Crippen molar-refractivity contribution in [2.24, 2.45) is 5.73 Å². The fourth-order valence-corrected chi connectivity index (χ4v) is 5.80. The second-order valence-corrected chi connectivity index (χ2v) is 9.78. The van der Waals surface area contributed by atoms with Gasteiger partial charge in [0.05, 0.1) is 35.2 Å². The summed E-state index contributed by atoms with van der Waals surface area (Å²) >= 11 is 0. The molecule has 0 radical (unpaired) electrons. The first-order valence-corrected chi connectivity index (χ1v) is 11.8. The number of aromatic nitrogens is 2. The number of rotatable bonds is 3. The molecule has 3 heterocycles. The van der Waals surface area contributed by atoms with Crippen molar-refractivity contribution in [3.63, 3.8) is 0 Å². The summed E-state index contributed by atoms with van der Waals surface area (Å²) in [7, 11) is -3.16. The van der Waals surface area contributed by atoms with Crippen LogP contribution in [0.3, 0.4) is 0 Å². The SMILES string of the molecule is NC(=O)c1cccc(-n2nc(C(=O)N3CCOCC3)c3c2-c2ccccc2S(O)(O)C3)c1. The summed E-state index contributed by atoms with van der Waals surface area (Å²) < 4.78 is 28.7. The number of primary amides is 1. The Labute approximate surface area is 185 Å². The van der Waals surface area contributed by atoms with E-state index in [1.54, 1.807) is 58.1 Å². The number of carbonyl (C=O) groups is 2. The lowest BCUT2D eigenvalue weighted by atomic mass is 10.0. The highest BCUT2D eigenvalue weighted by molar-refractivity contribution is 8.23. The lowest BCUT2D eigenvalue weighted by Crippen LogP contribution is -2.41. The maximum atomic E-state index is 13.4. The van der Waals surface area contributed by atoms with Crippen molar-refractivity contribution in [3.8, 4) is 16.9 Å². The van der Waals surface area contributed by atoms with Crippen LogP contribution in [0.4, 0.5) is 0 Å². The zero-order valence-electron chi connectivity index (χ0n) is 17.1. The van der Waals surface area contributed by atoms with Gasteiger partial charge >= 0.3 is 0 Å². The van der Waals surface area contributed by atoms with Crippen molar-refractivity contribution in [1.82, 2.24) is 14.7 Å². The van der Waals surface area contributed by atoms with Crippen LogP contribution in [-0.4, -0.2) is 61.9 Å². The Morgan fingerprint density at radius 1 is 1.06 bits per heavy atom. The van der Waals surface area contributed by atoms with Crippen LogP contribution in [0, 0.1) is 0 Å². The zero-order valence-corrected chi connectivity index (χ0v) is 17.9. The average molecular weight is 455 g/mol. The molecule has 1 aromatic heterocycles. The molecule has 0 unspecified atom stereocenters. The van der Waals surface area contributed by atoms with E-state index in [-0.39, 0.29) is 17.4 Å². The van der Waals surface area contributed by atoms with E-state index in [9.17, 15) is 18.7 Å². The summed E-state index contributed by atoms with van der Waals surface area (Å²) in [5, 5.41) is 4.63. The molecule has 10 heteroatoms. The molecule has 1 saturated heterocycles. The van der Waals surface area contributed by atoms with Gasteiger partial charge in [-0.25, -0.2) is 4.68 Å². The third-order valence-corrected chi connectivity index (χ3v) is 7.45. The van der Waals surface area contributed by atoms with Gasteiger partial charge in [-0.05, 0) is 24.3 Å². The largest absolute Gasteiger partial charge is 0.378 e. The van der Waals surface area contributed by atoms with Gasteiger partial charge in [-0.1, -0.05) is 24.3 Å². The molecule has 32 heavy (non-hydrogen) atoms. The van der Waals surface area contributed by atoms with E-state index in [4.69, 9.17) is 10.5 Å². The highest BCUT2D eigenvalue weighted by atomic mass is 32.3. The molecule has 2 aromatic carbocycles. The topological polar surface area (TPSA) is 131 Å². The Balaban J connectivity index is 1.74. The molecule has 166 valence electrons. The molecule has 0 atom stereocenters. The highest BCUT2D eigenvalue weighted by Gasteiger charge is 2.37. The third-order valence-electron chi connectivity index (χ3n) is 5.70. The summed E-state index contributed by atoms with van der Waals surface area (Å²) in [6.45, 7) is 1.75. The minimum atomic E-state index is -3.16. The molecule has 9 nitrogen and oxygen atoms in total. The Bertz CT molecular complexity index is 1230. The number of fused-ring (bicyclic) bond motifs is 3. The second-order valence-electron chi connectivity index (χ2n) is 7.71. The number of hydrogen-bond donors (Lipinski definition) is 3. The number of carbonyl (C=O) groups excluding carboxylic acids is 2. The second kappa shape index (κ2) is 7.75. The standard InChI is InChI=1S/C22H22N4O5S/c23-21(27)14-4-3-5-15(12-14)26-20-16-6-1-2-7-18(16)32(29,30)13-17(20)19(24-26)22(28)25-8-10-31-11-9-25/h1-7,12,29-30H,8-11,13H2,(H2,23,27). The molecule has 2 aliphatic heterocycles. The van der Waals surface area contributed by atoms with Crippen molar-refractivity contribution in [1.29, 1.82) is 0 Å². The summed E-state index contributed by atoms with van der Waals surface area (Å²) in [6, 6.07) is 13.7. The van der Waals surface area contributed by atoms with Gasteiger partial charge in [0.15, 0.2) is 5.69 Å². The number of nitrogens with two attached hydrogens (primary N) is 1. The quantitative estimate of drug-likeness (QED) is 0.558. The summed E-state index contributed by atoms with van der Waals surface area (Å²) in [6.07, 6.45) is 0. The van der Waals surface area contributed by atoms with Gasteiger partial charge in [0.25, 0.3) is 5.91 Å². The number of hydrogen-bond acceptors (Lipinski definition) is 6. The molecule has 0 saturated carbocycles. The van der Waals surface area contributed by atoms with Crippen LogP contribution in [0.1, 0.15) is 26.4 Å². The zero-order chi connectivity index (χ0) is 22.5. The minimum absolute atomic E-state index is 0.111. The van der Waals surface area contributed by atoms with Crippen LogP contribution in [0.25, 0.3) is 16.9 Å². The fraction of sp³-hybridized carbons (Fsp3) is 0.227. The van der Waals surface area contributed by atoms with Crippen LogP contribution in [0.2, 0.25) is 0 Å². The monoisotopic (exact) mass is 454 g/mol. The van der Waals surface area contributed by atoms with Gasteiger partial charge in [-0.15, -0.1) is 0 Å². The van der Waals surface area contributed by atoms with E-state index >= 15 is 0 Å². The van der Waals surface area contributed by atoms with E-state index in [1.807, 2.05) is 0 Å². The van der Waals surface area contributed by atoms with Crippen molar-refractivity contribution in [2.45, 2.75) is 10.6 Å². The Morgan fingerprint density at radius 3 is 2.56 bits per heavy atom. The van der Waals surface area contributed by atoms with Gasteiger partial charge in [-0.3, -0.25) is 18.7 Å². The summed E-state index contributed by atoms with van der Waals surface area (Å²) in [4.78, 5) is 27.2. The molecule has 1 fully saturated rings. The van der Waals surface area contributed by atoms with Gasteiger partial charge in [0.1, 0.15) is 0 Å². The van der Waals surface area contributed by atoms with Crippen molar-refractivity contribution in [3.05, 3.63) is 65.4 Å². The first-order valence-electron chi connectivity index (χ1n) is 10.1. The molecular formula is C22H22N4O5S. The molecule has 3 aromatic rings. The number of ether oxygens (including phenoxy) is 1. The molecule has 0 aliphatic carbocycles. The Kier molecular flexibility index (Phi) is 5.01. The van der Waals surface area contributed by atoms with Gasteiger partial charge in [0, 0.05) is 29.8 Å². The number of benzene rings is 2. The average Bonchev–Trinajstić information content (AvgIpc) is 3.18. The molecule has 2 aliphatic rings. The number of amides is 2. The van der Waals surface area contributed by atoms with Gasteiger partial charge in [-0.2, -0.15) is 15.7 Å². The first-order chi connectivity index (χ1) is 15.4. The summed E-state index contributed by atoms with van der Waals surface area (Å²) in [5.74, 6) is -0.976. The fourth-order valence-electron chi connectivity index (χ4n) is 4.16. The lowest BCUT2D eigenvalue weighted by molar-refractivity contribution is 0.0298. The van der Waals surface area contributed by atoms with Crippen molar-refractivity contribution in [2.75, 3.05) is 26.3 Å². The molecule has 2 amide bonds. The van der Waals surface area contributed by atoms with E-state index in [0.717, 1.165) is 0 Å². The molecule has 5 rings (SSSR count). The number of nitrogens with zero attached hydrogens (tertiary/aromatic N) is 3. The Hall–Kier alpha value is -3.18. The number of morpholine rings is 1. The van der Waals surface area contributed by atoms with Gasteiger partial charge < -0.3 is 15.4 Å². The smallest absolute Gasteiger partial charge is 0.274 e. The maximum Gasteiger partial charge on any atom is 0.274 e. The third kappa shape index (κ3) is 3.37. The van der Waals surface area contributed by atoms with E-state index in [0.29, 0.717) is 59.3 Å². The van der Waals surface area contributed by atoms with Crippen LogP contribution in [0.5, 0.6) is 0 Å². The van der Waals surface area contributed by atoms with E-state index in [1.165, 1.54) is 0 Å². The van der Waals surface area contributed by atoms with Crippen LogP contribution in [-0.2, 0) is 10.5 Å². The lowest BCUT2D eigenvalue weighted by Gasteiger charge is -2.38. The molecule has 4 N–H and O–H groups in total. The maximum absolute atomic E-state index is 13.4. The Morgan fingerprint density at radius 2 is 1.81 bits per heavy atom.